The number of rotatable bonds is 6. The van der Waals surface area contributed by atoms with Crippen LogP contribution in [0.25, 0.3) is 0 Å². The number of nitrogens with zero attached hydrogens (tertiary/aromatic N) is 5. The van der Waals surface area contributed by atoms with Gasteiger partial charge < -0.3 is 20.1 Å². The second-order valence-corrected chi connectivity index (χ2v) is 7.77. The van der Waals surface area contributed by atoms with E-state index < -0.39 is 0 Å². The van der Waals surface area contributed by atoms with Crippen LogP contribution < -0.4 is 10.6 Å². The Bertz CT molecular complexity index is 581. The molecule has 0 atom stereocenters. The molecule has 1 aromatic rings. The molecule has 0 bridgehead atoms. The summed E-state index contributed by atoms with van der Waals surface area (Å²) >= 11 is 0. The monoisotopic (exact) mass is 361 g/mol. The van der Waals surface area contributed by atoms with Crippen LogP contribution in [0, 0.1) is 6.92 Å². The second-order valence-electron chi connectivity index (χ2n) is 7.77. The predicted octanol–water partition coefficient (Wildman–Crippen LogP) is 1.98. The van der Waals surface area contributed by atoms with Crippen LogP contribution in [0.4, 0.5) is 0 Å². The fourth-order valence-corrected chi connectivity index (χ4v) is 3.95. The van der Waals surface area contributed by atoms with Crippen LogP contribution in [0.15, 0.2) is 4.99 Å². The number of hydrogen-bond donors (Lipinski definition) is 2. The van der Waals surface area contributed by atoms with E-state index in [1.54, 1.807) is 0 Å². The van der Waals surface area contributed by atoms with Crippen LogP contribution in [0.1, 0.15) is 63.5 Å². The lowest BCUT2D eigenvalue weighted by atomic mass is 10.1. The van der Waals surface area contributed by atoms with Crippen LogP contribution in [-0.2, 0) is 13.6 Å². The molecule has 0 radical (unpaired) electrons. The molecule has 1 aromatic heterocycles. The van der Waals surface area contributed by atoms with Gasteiger partial charge in [0, 0.05) is 32.2 Å². The molecule has 2 N–H and O–H groups in total. The summed E-state index contributed by atoms with van der Waals surface area (Å²) in [6.07, 6.45) is 8.76. The molecule has 146 valence electrons. The quantitative estimate of drug-likeness (QED) is 0.599. The number of guanidine groups is 1. The maximum absolute atomic E-state index is 4.84. The van der Waals surface area contributed by atoms with Crippen LogP contribution in [-0.4, -0.2) is 57.3 Å². The molecule has 2 fully saturated rings. The topological polar surface area (TPSA) is 70.4 Å². The van der Waals surface area contributed by atoms with Gasteiger partial charge in [-0.2, -0.15) is 0 Å². The van der Waals surface area contributed by atoms with Crippen molar-refractivity contribution < 1.29 is 0 Å². The minimum atomic E-state index is 0.511. The largest absolute Gasteiger partial charge is 0.354 e. The van der Waals surface area contributed by atoms with Gasteiger partial charge in [-0.1, -0.05) is 19.8 Å². The normalized spacial score (nSPS) is 20.7. The molecule has 1 saturated carbocycles. The van der Waals surface area contributed by atoms with Crippen molar-refractivity contribution in [3.8, 4) is 0 Å². The molecule has 1 aliphatic carbocycles. The Morgan fingerprint density at radius 1 is 1.08 bits per heavy atom. The zero-order valence-corrected chi connectivity index (χ0v) is 16.7. The zero-order chi connectivity index (χ0) is 18.4. The van der Waals surface area contributed by atoms with E-state index in [1.807, 2.05) is 18.5 Å². The molecule has 7 nitrogen and oxygen atoms in total. The van der Waals surface area contributed by atoms with Crippen molar-refractivity contribution in [1.82, 2.24) is 30.3 Å². The molecule has 2 aliphatic rings. The van der Waals surface area contributed by atoms with E-state index in [0.29, 0.717) is 18.6 Å². The van der Waals surface area contributed by atoms with E-state index in [4.69, 9.17) is 4.99 Å². The van der Waals surface area contributed by atoms with E-state index in [9.17, 15) is 0 Å². The van der Waals surface area contributed by atoms with Gasteiger partial charge in [-0.15, -0.1) is 10.2 Å². The summed E-state index contributed by atoms with van der Waals surface area (Å²) in [5.41, 5.74) is 0. The fraction of sp³-hybridized carbons (Fsp3) is 0.842. The molecule has 0 unspecified atom stereocenters. The lowest BCUT2D eigenvalue weighted by molar-refractivity contribution is 0.206. The van der Waals surface area contributed by atoms with Gasteiger partial charge in [0.1, 0.15) is 12.4 Å². The van der Waals surface area contributed by atoms with Crippen LogP contribution in [0.2, 0.25) is 0 Å². The lowest BCUT2D eigenvalue weighted by Gasteiger charge is -2.33. The summed E-state index contributed by atoms with van der Waals surface area (Å²) in [5.74, 6) is 2.79. The van der Waals surface area contributed by atoms with E-state index in [0.717, 1.165) is 17.6 Å². The van der Waals surface area contributed by atoms with Crippen molar-refractivity contribution in [2.75, 3.05) is 19.6 Å². The first kappa shape index (κ1) is 19.1. The number of aromatic nitrogens is 3. The highest BCUT2D eigenvalue weighted by Crippen LogP contribution is 2.18. The molecule has 0 aromatic carbocycles. The van der Waals surface area contributed by atoms with Crippen LogP contribution in [0.3, 0.4) is 0 Å². The molecule has 1 saturated heterocycles. The third-order valence-corrected chi connectivity index (χ3v) is 5.73. The summed E-state index contributed by atoms with van der Waals surface area (Å²) in [4.78, 5) is 7.41. The van der Waals surface area contributed by atoms with Gasteiger partial charge in [-0.25, -0.2) is 4.99 Å². The summed E-state index contributed by atoms with van der Waals surface area (Å²) in [7, 11) is 2.00. The lowest BCUT2D eigenvalue weighted by Crippen LogP contribution is -2.50. The molecular weight excluding hydrogens is 326 g/mol. The molecule has 2 heterocycles. The number of piperidine rings is 1. The van der Waals surface area contributed by atoms with Crippen molar-refractivity contribution in [2.24, 2.45) is 12.0 Å². The number of aryl methyl sites for hydroxylation is 1. The summed E-state index contributed by atoms with van der Waals surface area (Å²) in [5, 5.41) is 15.7. The van der Waals surface area contributed by atoms with Gasteiger partial charge in [0.2, 0.25) is 0 Å². The Balaban J connectivity index is 1.59. The highest BCUT2D eigenvalue weighted by Gasteiger charge is 2.22. The number of likely N-dealkylation sites (tertiary alicyclic amines) is 1. The Labute approximate surface area is 157 Å². The Morgan fingerprint density at radius 2 is 1.73 bits per heavy atom. The molecule has 3 rings (SSSR count). The number of nitrogens with one attached hydrogen (secondary N) is 2. The maximum Gasteiger partial charge on any atom is 0.192 e. The molecule has 7 heteroatoms. The van der Waals surface area contributed by atoms with E-state index in [-0.39, 0.29) is 0 Å². The van der Waals surface area contributed by atoms with Gasteiger partial charge in [-0.3, -0.25) is 0 Å². The van der Waals surface area contributed by atoms with Gasteiger partial charge in [0.15, 0.2) is 11.8 Å². The minimum Gasteiger partial charge on any atom is -0.354 e. The van der Waals surface area contributed by atoms with Gasteiger partial charge in [0.25, 0.3) is 0 Å². The van der Waals surface area contributed by atoms with Gasteiger partial charge >= 0.3 is 0 Å². The van der Waals surface area contributed by atoms with E-state index >= 15 is 0 Å². The Kier molecular flexibility index (Phi) is 6.88. The minimum absolute atomic E-state index is 0.511. The summed E-state index contributed by atoms with van der Waals surface area (Å²) in [6.45, 7) is 8.39. The summed E-state index contributed by atoms with van der Waals surface area (Å²) < 4.78 is 2.01. The number of aliphatic imine (C=N–C) groups is 1. The van der Waals surface area contributed by atoms with Crippen LogP contribution >= 0.6 is 0 Å². The SMILES string of the molecule is CCCN1CCC(NC(=NCc2nnc(C)n2C)NC2CCCC2)CC1. The van der Waals surface area contributed by atoms with Crippen molar-refractivity contribution >= 4 is 5.96 Å². The number of hydrogen-bond acceptors (Lipinski definition) is 4. The van der Waals surface area contributed by atoms with E-state index in [1.165, 1.54) is 64.6 Å². The van der Waals surface area contributed by atoms with Crippen molar-refractivity contribution in [3.05, 3.63) is 11.6 Å². The first-order chi connectivity index (χ1) is 12.7. The average Bonchev–Trinajstić information content (AvgIpc) is 3.26. The highest BCUT2D eigenvalue weighted by molar-refractivity contribution is 5.80. The first-order valence-corrected chi connectivity index (χ1v) is 10.3. The molecular formula is C19H35N7. The highest BCUT2D eigenvalue weighted by atomic mass is 15.3. The molecule has 0 spiro atoms. The van der Waals surface area contributed by atoms with Crippen molar-refractivity contribution in [3.63, 3.8) is 0 Å². The molecule has 1 aliphatic heterocycles. The van der Waals surface area contributed by atoms with Gasteiger partial charge in [-0.05, 0) is 45.6 Å². The Morgan fingerprint density at radius 3 is 2.31 bits per heavy atom. The molecule has 26 heavy (non-hydrogen) atoms. The van der Waals surface area contributed by atoms with Crippen LogP contribution in [0.5, 0.6) is 0 Å². The third kappa shape index (κ3) is 5.19. The standard InChI is InChI=1S/C19H35N7/c1-4-11-26-12-9-17(10-13-26)22-19(21-16-7-5-6-8-16)20-14-18-24-23-15(2)25(18)3/h16-17H,4-14H2,1-3H3,(H2,20,21,22). The van der Waals surface area contributed by atoms with Crippen molar-refractivity contribution in [2.45, 2.75) is 77.4 Å². The average molecular weight is 362 g/mol. The maximum atomic E-state index is 4.84. The zero-order valence-electron chi connectivity index (χ0n) is 16.7. The second kappa shape index (κ2) is 9.35. The predicted molar refractivity (Wildman–Crippen MR) is 105 cm³/mol. The Hall–Kier alpha value is -1.63. The third-order valence-electron chi connectivity index (χ3n) is 5.73. The smallest absolute Gasteiger partial charge is 0.192 e. The molecule has 0 amide bonds. The summed E-state index contributed by atoms with van der Waals surface area (Å²) in [6, 6.07) is 1.07. The van der Waals surface area contributed by atoms with Gasteiger partial charge in [0.05, 0.1) is 0 Å². The van der Waals surface area contributed by atoms with E-state index in [2.05, 4.69) is 32.7 Å². The first-order valence-electron chi connectivity index (χ1n) is 10.3. The van der Waals surface area contributed by atoms with Crippen molar-refractivity contribution in [1.29, 1.82) is 0 Å². The fourth-order valence-electron chi connectivity index (χ4n) is 3.95.